The van der Waals surface area contributed by atoms with Crippen molar-refractivity contribution in [1.29, 1.82) is 0 Å². The van der Waals surface area contributed by atoms with Crippen LogP contribution in [0, 0.1) is 5.82 Å². The molecule has 0 N–H and O–H groups in total. The fourth-order valence-electron chi connectivity index (χ4n) is 5.15. The Morgan fingerprint density at radius 3 is 1.70 bits per heavy atom. The largest absolute Gasteiger partial charge is 0.207 e. The normalized spacial score (nSPS) is 28.8. The lowest BCUT2D eigenvalue weighted by atomic mass is 9.70. The van der Waals surface area contributed by atoms with E-state index in [2.05, 4.69) is 46.0 Å². The lowest BCUT2D eigenvalue weighted by molar-refractivity contribution is 0.430. The zero-order valence-corrected chi connectivity index (χ0v) is 16.9. The molecule has 27 heavy (non-hydrogen) atoms. The first-order valence-corrected chi connectivity index (χ1v) is 11.0. The third-order valence-corrected chi connectivity index (χ3v) is 7.19. The first-order chi connectivity index (χ1) is 13.1. The third kappa shape index (κ3) is 4.33. The SMILES string of the molecule is BC1CCC(c2ccc(-c3ccc(C4CCC(B)CC4)c(F)c3)cc2)CC1. The van der Waals surface area contributed by atoms with Crippen molar-refractivity contribution in [2.75, 3.05) is 0 Å². The molecule has 140 valence electrons. The van der Waals surface area contributed by atoms with E-state index in [1.807, 2.05) is 6.07 Å². The highest BCUT2D eigenvalue weighted by Gasteiger charge is 2.23. The summed E-state index contributed by atoms with van der Waals surface area (Å²) in [5.74, 6) is 2.79. The second-order valence-corrected chi connectivity index (χ2v) is 9.27. The van der Waals surface area contributed by atoms with Crippen LogP contribution in [0.4, 0.5) is 4.39 Å². The van der Waals surface area contributed by atoms with Gasteiger partial charge in [-0.3, -0.25) is 0 Å². The van der Waals surface area contributed by atoms with Crippen LogP contribution in [0.25, 0.3) is 11.1 Å². The number of hydrogen-bond donors (Lipinski definition) is 0. The molecule has 0 nitrogen and oxygen atoms in total. The van der Waals surface area contributed by atoms with Crippen molar-refractivity contribution in [3.05, 3.63) is 59.4 Å². The van der Waals surface area contributed by atoms with Gasteiger partial charge in [-0.2, -0.15) is 0 Å². The summed E-state index contributed by atoms with van der Waals surface area (Å²) in [6.07, 6.45) is 10.0. The van der Waals surface area contributed by atoms with Crippen molar-refractivity contribution in [2.45, 2.75) is 74.8 Å². The van der Waals surface area contributed by atoms with Gasteiger partial charge in [-0.1, -0.05) is 73.7 Å². The Balaban J connectivity index is 1.47. The lowest BCUT2D eigenvalue weighted by Gasteiger charge is -2.27. The summed E-state index contributed by atoms with van der Waals surface area (Å²) in [6, 6.07) is 14.8. The molecule has 0 radical (unpaired) electrons. The molecule has 0 spiro atoms. The topological polar surface area (TPSA) is 0 Å². The molecule has 2 fully saturated rings. The van der Waals surface area contributed by atoms with Crippen LogP contribution in [0.2, 0.25) is 11.6 Å². The van der Waals surface area contributed by atoms with E-state index >= 15 is 0 Å². The number of hydrogen-bond acceptors (Lipinski definition) is 0. The zero-order chi connectivity index (χ0) is 18.8. The number of benzene rings is 2. The van der Waals surface area contributed by atoms with Gasteiger partial charge in [0.05, 0.1) is 0 Å². The quantitative estimate of drug-likeness (QED) is 0.621. The maximum Gasteiger partial charge on any atom is 0.127 e. The van der Waals surface area contributed by atoms with E-state index in [1.54, 1.807) is 6.07 Å². The van der Waals surface area contributed by atoms with Gasteiger partial charge in [0.15, 0.2) is 0 Å². The minimum Gasteiger partial charge on any atom is -0.207 e. The van der Waals surface area contributed by atoms with Crippen molar-refractivity contribution in [3.8, 4) is 11.1 Å². The Labute approximate surface area is 165 Å². The van der Waals surface area contributed by atoms with Crippen LogP contribution in [0.5, 0.6) is 0 Å². The Morgan fingerprint density at radius 2 is 1.15 bits per heavy atom. The predicted octanol–water partition coefficient (Wildman–Crippen LogP) is 5.65. The van der Waals surface area contributed by atoms with Crippen molar-refractivity contribution in [2.24, 2.45) is 0 Å². The first-order valence-electron chi connectivity index (χ1n) is 11.0. The third-order valence-electron chi connectivity index (χ3n) is 7.19. The summed E-state index contributed by atoms with van der Waals surface area (Å²) >= 11 is 0. The van der Waals surface area contributed by atoms with E-state index in [9.17, 15) is 4.39 Å². The van der Waals surface area contributed by atoms with Gasteiger partial charge in [0, 0.05) is 0 Å². The molecule has 2 saturated carbocycles. The zero-order valence-electron chi connectivity index (χ0n) is 16.9. The van der Waals surface area contributed by atoms with Crippen LogP contribution in [-0.4, -0.2) is 15.7 Å². The van der Waals surface area contributed by atoms with Crippen LogP contribution in [-0.2, 0) is 0 Å². The van der Waals surface area contributed by atoms with Gasteiger partial charge in [-0.25, -0.2) is 4.39 Å². The van der Waals surface area contributed by atoms with Gasteiger partial charge in [0.25, 0.3) is 0 Å². The summed E-state index contributed by atoms with van der Waals surface area (Å²) in [4.78, 5) is 0. The monoisotopic (exact) mass is 360 g/mol. The number of halogens is 1. The minimum absolute atomic E-state index is 0.0163. The fraction of sp³-hybridized carbons (Fsp3) is 0.500. The van der Waals surface area contributed by atoms with Crippen LogP contribution in [0.15, 0.2) is 42.5 Å². The van der Waals surface area contributed by atoms with E-state index in [4.69, 9.17) is 0 Å². The molecule has 0 unspecified atom stereocenters. The van der Waals surface area contributed by atoms with Crippen molar-refractivity contribution in [1.82, 2.24) is 0 Å². The maximum atomic E-state index is 14.8. The minimum atomic E-state index is -0.0163. The summed E-state index contributed by atoms with van der Waals surface area (Å²) in [6.45, 7) is 0. The second kappa shape index (κ2) is 8.25. The summed E-state index contributed by atoms with van der Waals surface area (Å²) < 4.78 is 14.8. The van der Waals surface area contributed by atoms with Gasteiger partial charge in [0.1, 0.15) is 21.5 Å². The average molecular weight is 360 g/mol. The molecule has 0 amide bonds. The first kappa shape index (κ1) is 18.8. The van der Waals surface area contributed by atoms with Gasteiger partial charge >= 0.3 is 0 Å². The predicted molar refractivity (Wildman–Crippen MR) is 119 cm³/mol. The molecular formula is C24H31B2F. The molecule has 2 aromatic carbocycles. The second-order valence-electron chi connectivity index (χ2n) is 9.27. The lowest BCUT2D eigenvalue weighted by Crippen LogP contribution is -2.11. The highest BCUT2D eigenvalue weighted by atomic mass is 19.1. The van der Waals surface area contributed by atoms with Crippen LogP contribution < -0.4 is 0 Å². The van der Waals surface area contributed by atoms with Gasteiger partial charge in [-0.05, 0) is 65.8 Å². The van der Waals surface area contributed by atoms with Crippen molar-refractivity contribution in [3.63, 3.8) is 0 Å². The van der Waals surface area contributed by atoms with E-state index < -0.39 is 0 Å². The van der Waals surface area contributed by atoms with Gasteiger partial charge < -0.3 is 0 Å². The molecular weight excluding hydrogens is 329 g/mol. The Bertz CT molecular complexity index is 754. The molecule has 0 aromatic heterocycles. The molecule has 2 aliphatic rings. The van der Waals surface area contributed by atoms with Crippen molar-refractivity contribution < 1.29 is 4.39 Å². The molecule has 4 rings (SSSR count). The van der Waals surface area contributed by atoms with E-state index in [-0.39, 0.29) is 5.82 Å². The van der Waals surface area contributed by atoms with E-state index in [0.29, 0.717) is 11.8 Å². The number of rotatable bonds is 3. The van der Waals surface area contributed by atoms with Crippen molar-refractivity contribution >= 4 is 15.7 Å². The Kier molecular flexibility index (Phi) is 5.76. The smallest absolute Gasteiger partial charge is 0.127 e. The molecule has 0 heterocycles. The summed E-state index contributed by atoms with van der Waals surface area (Å²) in [5.41, 5.74) is 4.52. The van der Waals surface area contributed by atoms with E-state index in [0.717, 1.165) is 41.2 Å². The molecule has 2 aromatic rings. The maximum absolute atomic E-state index is 14.8. The van der Waals surface area contributed by atoms with Crippen LogP contribution in [0.3, 0.4) is 0 Å². The van der Waals surface area contributed by atoms with Gasteiger partial charge in [0.2, 0.25) is 0 Å². The Hall–Kier alpha value is -1.50. The summed E-state index contributed by atoms with van der Waals surface area (Å²) in [7, 11) is 4.68. The molecule has 0 saturated heterocycles. The van der Waals surface area contributed by atoms with E-state index in [1.165, 1.54) is 44.1 Å². The molecule has 2 aliphatic carbocycles. The molecule has 0 aliphatic heterocycles. The standard InChI is InChI=1S/C24H31B2F/c25-21-10-5-17(6-11-21)16-1-3-18(4-2-16)20-9-14-23(24(27)15-20)19-7-12-22(26)13-8-19/h1-4,9,14-15,17,19,21-22H,5-8,10-13,25-26H2. The summed E-state index contributed by atoms with van der Waals surface area (Å²) in [5, 5.41) is 0. The molecule has 0 bridgehead atoms. The fourth-order valence-corrected chi connectivity index (χ4v) is 5.15. The Morgan fingerprint density at radius 1 is 0.630 bits per heavy atom. The van der Waals surface area contributed by atoms with Crippen LogP contribution in [0.1, 0.15) is 74.3 Å². The van der Waals surface area contributed by atoms with Gasteiger partial charge in [-0.15, -0.1) is 0 Å². The van der Waals surface area contributed by atoms with Crippen LogP contribution >= 0.6 is 0 Å². The highest BCUT2D eigenvalue weighted by molar-refractivity contribution is 6.11. The average Bonchev–Trinajstić information content (AvgIpc) is 2.69. The molecule has 3 heteroatoms. The molecule has 0 atom stereocenters. The highest BCUT2D eigenvalue weighted by Crippen LogP contribution is 2.40.